The summed E-state index contributed by atoms with van der Waals surface area (Å²) in [6.45, 7) is 0.0924. The Balaban J connectivity index is 2.55. The Kier molecular flexibility index (Phi) is 3.73. The van der Waals surface area contributed by atoms with Crippen LogP contribution >= 0.6 is 0 Å². The van der Waals surface area contributed by atoms with Gasteiger partial charge in [0.05, 0.1) is 6.10 Å². The van der Waals surface area contributed by atoms with Gasteiger partial charge >= 0.3 is 0 Å². The van der Waals surface area contributed by atoms with E-state index in [1.54, 1.807) is 12.1 Å². The summed E-state index contributed by atoms with van der Waals surface area (Å²) in [6, 6.07) is 6.43. The molecular formula is C10H14O3. The molecule has 1 unspecified atom stereocenters. The van der Waals surface area contributed by atoms with Crippen LogP contribution < -0.4 is 0 Å². The summed E-state index contributed by atoms with van der Waals surface area (Å²) >= 11 is 0. The van der Waals surface area contributed by atoms with Gasteiger partial charge in [-0.1, -0.05) is 12.1 Å². The third kappa shape index (κ3) is 3.05. The topological polar surface area (TPSA) is 60.7 Å². The minimum Gasteiger partial charge on any atom is -0.508 e. The quantitative estimate of drug-likeness (QED) is 0.655. The van der Waals surface area contributed by atoms with Crippen LogP contribution in [0.5, 0.6) is 5.75 Å². The molecule has 1 aromatic carbocycles. The molecule has 0 amide bonds. The normalized spacial score (nSPS) is 12.8. The SMILES string of the molecule is OCCCC(O)c1ccc(O)cc1. The van der Waals surface area contributed by atoms with Crippen molar-refractivity contribution in [2.45, 2.75) is 18.9 Å². The summed E-state index contributed by atoms with van der Waals surface area (Å²) in [4.78, 5) is 0. The zero-order chi connectivity index (χ0) is 9.68. The maximum absolute atomic E-state index is 9.55. The number of phenolic OH excluding ortho intramolecular Hbond substituents is 1. The third-order valence-electron chi connectivity index (χ3n) is 1.91. The molecule has 0 aliphatic carbocycles. The van der Waals surface area contributed by atoms with Gasteiger partial charge in [-0.2, -0.15) is 0 Å². The number of hydrogen-bond acceptors (Lipinski definition) is 3. The first kappa shape index (κ1) is 10.0. The highest BCUT2D eigenvalue weighted by Gasteiger charge is 2.05. The lowest BCUT2D eigenvalue weighted by molar-refractivity contribution is 0.152. The predicted molar refractivity (Wildman–Crippen MR) is 49.4 cm³/mol. The zero-order valence-electron chi connectivity index (χ0n) is 7.35. The highest BCUT2D eigenvalue weighted by molar-refractivity contribution is 5.27. The van der Waals surface area contributed by atoms with Crippen LogP contribution in [0.1, 0.15) is 24.5 Å². The number of phenols is 1. The fourth-order valence-corrected chi connectivity index (χ4v) is 1.15. The second-order valence-electron chi connectivity index (χ2n) is 2.97. The fourth-order valence-electron chi connectivity index (χ4n) is 1.15. The Hall–Kier alpha value is -1.06. The zero-order valence-corrected chi connectivity index (χ0v) is 7.35. The van der Waals surface area contributed by atoms with E-state index in [9.17, 15) is 5.11 Å². The van der Waals surface area contributed by atoms with Gasteiger partial charge < -0.3 is 15.3 Å². The van der Waals surface area contributed by atoms with Crippen molar-refractivity contribution >= 4 is 0 Å². The summed E-state index contributed by atoms with van der Waals surface area (Å²) < 4.78 is 0. The minimum absolute atomic E-state index is 0.0924. The fraction of sp³-hybridized carbons (Fsp3) is 0.400. The van der Waals surface area contributed by atoms with E-state index in [0.29, 0.717) is 12.8 Å². The van der Waals surface area contributed by atoms with E-state index in [1.165, 1.54) is 12.1 Å². The van der Waals surface area contributed by atoms with Crippen LogP contribution in [0.15, 0.2) is 24.3 Å². The van der Waals surface area contributed by atoms with Gasteiger partial charge in [0.2, 0.25) is 0 Å². The Morgan fingerprint density at radius 2 is 1.77 bits per heavy atom. The molecule has 1 rings (SSSR count). The number of aliphatic hydroxyl groups is 2. The molecule has 0 fully saturated rings. The van der Waals surface area contributed by atoms with E-state index in [-0.39, 0.29) is 12.4 Å². The molecule has 0 spiro atoms. The van der Waals surface area contributed by atoms with E-state index in [4.69, 9.17) is 10.2 Å². The van der Waals surface area contributed by atoms with E-state index >= 15 is 0 Å². The Morgan fingerprint density at radius 3 is 2.31 bits per heavy atom. The Bertz CT molecular complexity index is 243. The van der Waals surface area contributed by atoms with Gasteiger partial charge in [-0.3, -0.25) is 0 Å². The van der Waals surface area contributed by atoms with Crippen molar-refractivity contribution in [3.05, 3.63) is 29.8 Å². The maximum atomic E-state index is 9.55. The second kappa shape index (κ2) is 4.84. The lowest BCUT2D eigenvalue weighted by Gasteiger charge is -2.09. The summed E-state index contributed by atoms with van der Waals surface area (Å²) in [7, 11) is 0. The van der Waals surface area contributed by atoms with Crippen LogP contribution in [0.25, 0.3) is 0 Å². The summed E-state index contributed by atoms with van der Waals surface area (Å²) in [5.74, 6) is 0.193. The second-order valence-corrected chi connectivity index (χ2v) is 2.97. The van der Waals surface area contributed by atoms with Gasteiger partial charge in [0.1, 0.15) is 5.75 Å². The first-order valence-corrected chi connectivity index (χ1v) is 4.32. The number of benzene rings is 1. The van der Waals surface area contributed by atoms with Gasteiger partial charge in [-0.05, 0) is 30.5 Å². The molecular weight excluding hydrogens is 168 g/mol. The van der Waals surface area contributed by atoms with E-state index in [2.05, 4.69) is 0 Å². The van der Waals surface area contributed by atoms with Gasteiger partial charge in [0.15, 0.2) is 0 Å². The molecule has 0 aliphatic rings. The smallest absolute Gasteiger partial charge is 0.115 e. The maximum Gasteiger partial charge on any atom is 0.115 e. The van der Waals surface area contributed by atoms with Crippen LogP contribution in [0.3, 0.4) is 0 Å². The highest BCUT2D eigenvalue weighted by Crippen LogP contribution is 2.20. The number of aromatic hydroxyl groups is 1. The molecule has 0 aliphatic heterocycles. The molecule has 0 saturated heterocycles. The Labute approximate surface area is 77.3 Å². The van der Waals surface area contributed by atoms with Crippen molar-refractivity contribution < 1.29 is 15.3 Å². The number of hydrogen-bond donors (Lipinski definition) is 3. The molecule has 1 aromatic rings. The molecule has 0 heterocycles. The standard InChI is InChI=1S/C10H14O3/c11-7-1-2-10(13)8-3-5-9(12)6-4-8/h3-6,10-13H,1-2,7H2. The van der Waals surface area contributed by atoms with Gasteiger partial charge in [-0.25, -0.2) is 0 Å². The molecule has 13 heavy (non-hydrogen) atoms. The first-order valence-electron chi connectivity index (χ1n) is 4.32. The van der Waals surface area contributed by atoms with E-state index in [1.807, 2.05) is 0 Å². The molecule has 1 atom stereocenters. The van der Waals surface area contributed by atoms with Gasteiger partial charge in [0, 0.05) is 6.61 Å². The summed E-state index contributed by atoms with van der Waals surface area (Å²) in [5, 5.41) is 27.1. The van der Waals surface area contributed by atoms with Crippen molar-refractivity contribution in [1.82, 2.24) is 0 Å². The van der Waals surface area contributed by atoms with Gasteiger partial charge in [-0.15, -0.1) is 0 Å². The molecule has 0 bridgehead atoms. The van der Waals surface area contributed by atoms with Crippen LogP contribution in [-0.2, 0) is 0 Å². The molecule has 0 aromatic heterocycles. The van der Waals surface area contributed by atoms with Gasteiger partial charge in [0.25, 0.3) is 0 Å². The van der Waals surface area contributed by atoms with Crippen molar-refractivity contribution in [2.24, 2.45) is 0 Å². The minimum atomic E-state index is -0.548. The van der Waals surface area contributed by atoms with Crippen LogP contribution in [0.4, 0.5) is 0 Å². The lowest BCUT2D eigenvalue weighted by atomic mass is 10.1. The highest BCUT2D eigenvalue weighted by atomic mass is 16.3. The average molecular weight is 182 g/mol. The van der Waals surface area contributed by atoms with Crippen molar-refractivity contribution in [3.63, 3.8) is 0 Å². The first-order chi connectivity index (χ1) is 6.24. The van der Waals surface area contributed by atoms with Crippen molar-refractivity contribution in [1.29, 1.82) is 0 Å². The van der Waals surface area contributed by atoms with Crippen LogP contribution in [0.2, 0.25) is 0 Å². The third-order valence-corrected chi connectivity index (χ3v) is 1.91. The molecule has 3 heteroatoms. The predicted octanol–water partition coefficient (Wildman–Crippen LogP) is 1.20. The van der Waals surface area contributed by atoms with Crippen LogP contribution in [-0.4, -0.2) is 21.9 Å². The average Bonchev–Trinajstić information content (AvgIpc) is 2.15. The molecule has 3 N–H and O–H groups in total. The van der Waals surface area contributed by atoms with Crippen molar-refractivity contribution in [3.8, 4) is 5.75 Å². The number of rotatable bonds is 4. The molecule has 3 nitrogen and oxygen atoms in total. The van der Waals surface area contributed by atoms with Crippen LogP contribution in [0, 0.1) is 0 Å². The summed E-state index contributed by atoms with van der Waals surface area (Å²) in [5.41, 5.74) is 0.770. The molecule has 0 saturated carbocycles. The summed E-state index contributed by atoms with van der Waals surface area (Å²) in [6.07, 6.45) is 0.580. The monoisotopic (exact) mass is 182 g/mol. The lowest BCUT2D eigenvalue weighted by Crippen LogP contribution is -1.98. The van der Waals surface area contributed by atoms with E-state index < -0.39 is 6.10 Å². The van der Waals surface area contributed by atoms with Crippen molar-refractivity contribution in [2.75, 3.05) is 6.61 Å². The molecule has 72 valence electrons. The number of aliphatic hydroxyl groups excluding tert-OH is 2. The molecule has 0 radical (unpaired) electrons. The Morgan fingerprint density at radius 1 is 1.15 bits per heavy atom. The largest absolute Gasteiger partial charge is 0.508 e. The van der Waals surface area contributed by atoms with E-state index in [0.717, 1.165) is 5.56 Å².